The normalized spacial score (nSPS) is 15.4. The summed E-state index contributed by atoms with van der Waals surface area (Å²) in [4.78, 5) is 29.1. The van der Waals surface area contributed by atoms with Gasteiger partial charge in [0.15, 0.2) is 0 Å². The molecule has 0 saturated carbocycles. The Kier molecular flexibility index (Phi) is 6.01. The van der Waals surface area contributed by atoms with Crippen LogP contribution < -0.4 is 10.2 Å². The Hall–Kier alpha value is -2.53. The molecule has 1 aliphatic heterocycles. The van der Waals surface area contributed by atoms with Crippen LogP contribution in [0.2, 0.25) is 5.02 Å². The lowest BCUT2D eigenvalue weighted by atomic mass is 10.1. The number of amides is 2. The van der Waals surface area contributed by atoms with Gasteiger partial charge in [-0.05, 0) is 49.7 Å². The highest BCUT2D eigenvalue weighted by molar-refractivity contribution is 6.30. The lowest BCUT2D eigenvalue weighted by Crippen LogP contribution is -2.54. The first-order valence-corrected chi connectivity index (χ1v) is 9.49. The SMILES string of the molecule is Cc1ccccc1N1CCN(C(=O)C(C)NC(=O)c2ccc(Cl)cc2)CC1. The van der Waals surface area contributed by atoms with E-state index < -0.39 is 6.04 Å². The van der Waals surface area contributed by atoms with Crippen LogP contribution in [0, 0.1) is 6.92 Å². The first-order chi connectivity index (χ1) is 13.0. The van der Waals surface area contributed by atoms with Gasteiger partial charge in [0.2, 0.25) is 5.91 Å². The van der Waals surface area contributed by atoms with E-state index >= 15 is 0 Å². The van der Waals surface area contributed by atoms with Crippen molar-refractivity contribution in [2.24, 2.45) is 0 Å². The minimum Gasteiger partial charge on any atom is -0.368 e. The summed E-state index contributed by atoms with van der Waals surface area (Å²) in [5.41, 5.74) is 2.94. The molecule has 1 saturated heterocycles. The molecule has 0 aromatic heterocycles. The van der Waals surface area contributed by atoms with Crippen molar-refractivity contribution in [1.29, 1.82) is 0 Å². The first kappa shape index (κ1) is 19.2. The van der Waals surface area contributed by atoms with Gasteiger partial charge in [-0.1, -0.05) is 29.8 Å². The van der Waals surface area contributed by atoms with E-state index in [2.05, 4.69) is 29.3 Å². The van der Waals surface area contributed by atoms with Gasteiger partial charge < -0.3 is 15.1 Å². The summed E-state index contributed by atoms with van der Waals surface area (Å²) in [6.45, 7) is 6.69. The Balaban J connectivity index is 1.54. The molecule has 1 unspecified atom stereocenters. The molecule has 6 heteroatoms. The monoisotopic (exact) mass is 385 g/mol. The second-order valence-electron chi connectivity index (χ2n) is 6.80. The topological polar surface area (TPSA) is 52.6 Å². The molecule has 1 atom stereocenters. The summed E-state index contributed by atoms with van der Waals surface area (Å²) in [6, 6.07) is 14.3. The molecule has 0 radical (unpaired) electrons. The molecule has 1 fully saturated rings. The maximum atomic E-state index is 12.7. The van der Waals surface area contributed by atoms with Crippen molar-refractivity contribution in [3.05, 3.63) is 64.7 Å². The van der Waals surface area contributed by atoms with Crippen LogP contribution in [0.5, 0.6) is 0 Å². The van der Waals surface area contributed by atoms with E-state index in [1.54, 1.807) is 31.2 Å². The lowest BCUT2D eigenvalue weighted by Gasteiger charge is -2.37. The number of para-hydroxylation sites is 1. The van der Waals surface area contributed by atoms with Crippen LogP contribution in [-0.4, -0.2) is 48.9 Å². The Morgan fingerprint density at radius 3 is 2.26 bits per heavy atom. The van der Waals surface area contributed by atoms with E-state index in [-0.39, 0.29) is 11.8 Å². The van der Waals surface area contributed by atoms with Crippen molar-refractivity contribution in [2.75, 3.05) is 31.1 Å². The zero-order chi connectivity index (χ0) is 19.4. The molecule has 1 N–H and O–H groups in total. The highest BCUT2D eigenvalue weighted by atomic mass is 35.5. The molecule has 142 valence electrons. The standard InChI is InChI=1S/C21H24ClN3O2/c1-15-5-3-4-6-19(15)24-11-13-25(14-12-24)21(27)16(2)23-20(26)17-7-9-18(22)10-8-17/h3-10,16H,11-14H2,1-2H3,(H,23,26). The van der Waals surface area contributed by atoms with Crippen LogP contribution in [0.1, 0.15) is 22.8 Å². The Morgan fingerprint density at radius 2 is 1.63 bits per heavy atom. The second kappa shape index (κ2) is 8.44. The van der Waals surface area contributed by atoms with Crippen LogP contribution in [0.15, 0.2) is 48.5 Å². The van der Waals surface area contributed by atoms with Gasteiger partial charge in [0.25, 0.3) is 5.91 Å². The largest absolute Gasteiger partial charge is 0.368 e. The van der Waals surface area contributed by atoms with Crippen molar-refractivity contribution in [3.63, 3.8) is 0 Å². The molecule has 0 bridgehead atoms. The highest BCUT2D eigenvalue weighted by Crippen LogP contribution is 2.21. The molecular formula is C21H24ClN3O2. The number of halogens is 1. The van der Waals surface area contributed by atoms with Crippen LogP contribution in [0.3, 0.4) is 0 Å². The first-order valence-electron chi connectivity index (χ1n) is 9.11. The number of anilines is 1. The fraction of sp³-hybridized carbons (Fsp3) is 0.333. The number of piperazine rings is 1. The van der Waals surface area contributed by atoms with Gasteiger partial charge in [0.05, 0.1) is 0 Å². The average molecular weight is 386 g/mol. The number of carbonyl (C=O) groups excluding carboxylic acids is 2. The maximum Gasteiger partial charge on any atom is 0.251 e. The summed E-state index contributed by atoms with van der Waals surface area (Å²) in [6.07, 6.45) is 0. The number of hydrogen-bond donors (Lipinski definition) is 1. The Bertz CT molecular complexity index is 814. The van der Waals surface area contributed by atoms with Gasteiger partial charge in [-0.2, -0.15) is 0 Å². The van der Waals surface area contributed by atoms with Crippen LogP contribution in [0.4, 0.5) is 5.69 Å². The van der Waals surface area contributed by atoms with Crippen LogP contribution >= 0.6 is 11.6 Å². The quantitative estimate of drug-likeness (QED) is 0.879. The minimum atomic E-state index is -0.571. The molecule has 0 spiro atoms. The van der Waals surface area contributed by atoms with Crippen molar-refractivity contribution in [1.82, 2.24) is 10.2 Å². The predicted octanol–water partition coefficient (Wildman–Crippen LogP) is 3.12. The zero-order valence-corrected chi connectivity index (χ0v) is 16.4. The fourth-order valence-corrected chi connectivity index (χ4v) is 3.43. The molecule has 2 aromatic carbocycles. The van der Waals surface area contributed by atoms with Gasteiger partial charge in [-0.25, -0.2) is 0 Å². The van der Waals surface area contributed by atoms with Gasteiger partial charge >= 0.3 is 0 Å². The van der Waals surface area contributed by atoms with E-state index in [9.17, 15) is 9.59 Å². The number of aryl methyl sites for hydroxylation is 1. The molecule has 27 heavy (non-hydrogen) atoms. The number of nitrogens with zero attached hydrogens (tertiary/aromatic N) is 2. The highest BCUT2D eigenvalue weighted by Gasteiger charge is 2.26. The smallest absolute Gasteiger partial charge is 0.251 e. The predicted molar refractivity (Wildman–Crippen MR) is 108 cm³/mol. The lowest BCUT2D eigenvalue weighted by molar-refractivity contribution is -0.133. The van der Waals surface area contributed by atoms with Gasteiger partial charge in [0.1, 0.15) is 6.04 Å². The molecule has 1 aliphatic rings. The maximum absolute atomic E-state index is 12.7. The number of carbonyl (C=O) groups is 2. The molecule has 2 aromatic rings. The number of nitrogens with one attached hydrogen (secondary N) is 1. The van der Waals surface area contributed by atoms with E-state index in [4.69, 9.17) is 11.6 Å². The van der Waals surface area contributed by atoms with Gasteiger partial charge in [0, 0.05) is 42.5 Å². The molecular weight excluding hydrogens is 362 g/mol. The van der Waals surface area contributed by atoms with Crippen molar-refractivity contribution < 1.29 is 9.59 Å². The minimum absolute atomic E-state index is 0.0539. The van der Waals surface area contributed by atoms with Gasteiger partial charge in [-0.15, -0.1) is 0 Å². The van der Waals surface area contributed by atoms with Gasteiger partial charge in [-0.3, -0.25) is 9.59 Å². The van der Waals surface area contributed by atoms with E-state index in [1.807, 2.05) is 17.0 Å². The van der Waals surface area contributed by atoms with Crippen LogP contribution in [-0.2, 0) is 4.79 Å². The van der Waals surface area contributed by atoms with Crippen molar-refractivity contribution >= 4 is 29.1 Å². The van der Waals surface area contributed by atoms with Crippen molar-refractivity contribution in [2.45, 2.75) is 19.9 Å². The van der Waals surface area contributed by atoms with E-state index in [1.165, 1.54) is 11.3 Å². The van der Waals surface area contributed by atoms with Crippen LogP contribution in [0.25, 0.3) is 0 Å². The molecule has 5 nitrogen and oxygen atoms in total. The summed E-state index contributed by atoms with van der Waals surface area (Å²) in [5, 5.41) is 3.35. The third kappa shape index (κ3) is 4.61. The third-order valence-electron chi connectivity index (χ3n) is 4.87. The third-order valence-corrected chi connectivity index (χ3v) is 5.12. The summed E-state index contributed by atoms with van der Waals surface area (Å²) in [7, 11) is 0. The fourth-order valence-electron chi connectivity index (χ4n) is 3.30. The Morgan fingerprint density at radius 1 is 1.00 bits per heavy atom. The second-order valence-corrected chi connectivity index (χ2v) is 7.24. The van der Waals surface area contributed by atoms with Crippen molar-refractivity contribution in [3.8, 4) is 0 Å². The van der Waals surface area contributed by atoms with E-state index in [0.717, 1.165) is 13.1 Å². The summed E-state index contributed by atoms with van der Waals surface area (Å²) < 4.78 is 0. The summed E-state index contributed by atoms with van der Waals surface area (Å²) >= 11 is 5.84. The molecule has 2 amide bonds. The van der Waals surface area contributed by atoms with E-state index in [0.29, 0.717) is 23.7 Å². The molecule has 0 aliphatic carbocycles. The molecule has 3 rings (SSSR count). The average Bonchev–Trinajstić information content (AvgIpc) is 2.68. The number of rotatable bonds is 4. The zero-order valence-electron chi connectivity index (χ0n) is 15.6. The Labute approximate surface area is 164 Å². The summed E-state index contributed by atoms with van der Waals surface area (Å²) in [5.74, 6) is -0.326. The number of hydrogen-bond acceptors (Lipinski definition) is 3. The molecule has 1 heterocycles. The number of benzene rings is 2.